The van der Waals surface area contributed by atoms with Crippen LogP contribution in [0.5, 0.6) is 11.5 Å². The van der Waals surface area contributed by atoms with Gasteiger partial charge >= 0.3 is 5.16 Å². The van der Waals surface area contributed by atoms with Crippen LogP contribution in [0.2, 0.25) is 0 Å². The van der Waals surface area contributed by atoms with Gasteiger partial charge in [-0.15, -0.1) is 5.10 Å². The molecule has 9 heteroatoms. The van der Waals surface area contributed by atoms with Gasteiger partial charge in [0, 0.05) is 0 Å². The van der Waals surface area contributed by atoms with E-state index in [0.29, 0.717) is 11.3 Å². The predicted octanol–water partition coefficient (Wildman–Crippen LogP) is 3.64. The minimum absolute atomic E-state index is 0.0443. The summed E-state index contributed by atoms with van der Waals surface area (Å²) >= 11 is 1.34. The van der Waals surface area contributed by atoms with Gasteiger partial charge in [0.25, 0.3) is 11.7 Å². The van der Waals surface area contributed by atoms with E-state index >= 15 is 0 Å². The third-order valence-corrected chi connectivity index (χ3v) is 6.01. The molecule has 1 amide bonds. The molecule has 0 aliphatic heterocycles. The molecule has 2 aromatic carbocycles. The molecule has 0 aliphatic rings. The number of aromatic nitrogens is 3. The van der Waals surface area contributed by atoms with Gasteiger partial charge in [0.1, 0.15) is 0 Å². The molecular weight excluding hydrogens is 438 g/mol. The van der Waals surface area contributed by atoms with E-state index in [1.807, 2.05) is 6.92 Å². The lowest BCUT2D eigenvalue weighted by Gasteiger charge is -2.18. The Morgan fingerprint density at radius 1 is 1.27 bits per heavy atom. The third-order valence-electron chi connectivity index (χ3n) is 5.04. The second-order valence-corrected chi connectivity index (χ2v) is 9.38. The number of ether oxygens (including phenoxy) is 1. The number of aromatic amines is 1. The van der Waals surface area contributed by atoms with Crippen LogP contribution in [-0.2, 0) is 16.8 Å². The Balaban J connectivity index is 1.61. The number of rotatable bonds is 8. The molecule has 0 unspecified atom stereocenters. The van der Waals surface area contributed by atoms with Crippen molar-refractivity contribution in [2.45, 2.75) is 44.8 Å². The van der Waals surface area contributed by atoms with Crippen LogP contribution < -0.4 is 14.7 Å². The summed E-state index contributed by atoms with van der Waals surface area (Å²) in [7, 11) is 1.47. The maximum atomic E-state index is 12.2. The zero-order chi connectivity index (χ0) is 24.0. The highest BCUT2D eigenvalue weighted by atomic mass is 32.2. The maximum Gasteiger partial charge on any atom is 0.337 e. The number of methoxy groups -OCH3 is 1. The Morgan fingerprint density at radius 3 is 2.64 bits per heavy atom. The average Bonchev–Trinajstić information content (AvgIpc) is 3.21. The van der Waals surface area contributed by atoms with Crippen LogP contribution in [0.3, 0.4) is 0 Å². The van der Waals surface area contributed by atoms with Crippen LogP contribution in [0.15, 0.2) is 52.7 Å². The van der Waals surface area contributed by atoms with Crippen LogP contribution in [0.1, 0.15) is 38.8 Å². The SMILES string of the molecule is CC[n+]1c(SCC(=O)N/N=C/c2ccc(O)c(OC)c2)n[nH]c1-c1ccc(C(C)(C)C)cc1. The van der Waals surface area contributed by atoms with Gasteiger partial charge in [0.2, 0.25) is 0 Å². The summed E-state index contributed by atoms with van der Waals surface area (Å²) in [5.41, 5.74) is 5.61. The van der Waals surface area contributed by atoms with Crippen molar-refractivity contribution in [1.82, 2.24) is 15.6 Å². The van der Waals surface area contributed by atoms with Gasteiger partial charge in [-0.1, -0.05) is 32.9 Å². The smallest absolute Gasteiger partial charge is 0.337 e. The van der Waals surface area contributed by atoms with Crippen molar-refractivity contribution in [2.24, 2.45) is 5.10 Å². The van der Waals surface area contributed by atoms with Crippen LogP contribution >= 0.6 is 11.8 Å². The topological polar surface area (TPSA) is 103 Å². The van der Waals surface area contributed by atoms with Crippen LogP contribution in [0.25, 0.3) is 11.4 Å². The molecule has 0 radical (unpaired) electrons. The highest BCUT2D eigenvalue weighted by molar-refractivity contribution is 7.99. The zero-order valence-electron chi connectivity index (χ0n) is 19.5. The summed E-state index contributed by atoms with van der Waals surface area (Å²) < 4.78 is 7.11. The number of benzene rings is 2. The number of thioether (sulfide) groups is 1. The largest absolute Gasteiger partial charge is 0.504 e. The van der Waals surface area contributed by atoms with Crippen LogP contribution in [-0.4, -0.2) is 40.3 Å². The Hall–Kier alpha value is -3.33. The number of hydrazone groups is 1. The van der Waals surface area contributed by atoms with E-state index in [1.54, 1.807) is 12.1 Å². The van der Waals surface area contributed by atoms with Gasteiger partial charge in [-0.25, -0.2) is 9.99 Å². The van der Waals surface area contributed by atoms with Crippen molar-refractivity contribution in [3.05, 3.63) is 53.6 Å². The van der Waals surface area contributed by atoms with Gasteiger partial charge in [-0.2, -0.15) is 5.10 Å². The molecular formula is C24H30N5O3S+. The monoisotopic (exact) mass is 468 g/mol. The Labute approximate surface area is 198 Å². The van der Waals surface area contributed by atoms with E-state index in [0.717, 1.165) is 23.1 Å². The molecule has 0 saturated heterocycles. The number of hydrogen-bond donors (Lipinski definition) is 3. The van der Waals surface area contributed by atoms with Crippen LogP contribution in [0.4, 0.5) is 0 Å². The van der Waals surface area contributed by atoms with Gasteiger partial charge in [-0.3, -0.25) is 4.79 Å². The summed E-state index contributed by atoms with van der Waals surface area (Å²) in [6, 6.07) is 13.3. The normalized spacial score (nSPS) is 11.7. The summed E-state index contributed by atoms with van der Waals surface area (Å²) in [6.07, 6.45) is 1.49. The number of phenols is 1. The fraction of sp³-hybridized carbons (Fsp3) is 0.333. The first-order chi connectivity index (χ1) is 15.7. The Morgan fingerprint density at radius 2 is 2.00 bits per heavy atom. The highest BCUT2D eigenvalue weighted by Gasteiger charge is 2.22. The molecule has 0 spiro atoms. The van der Waals surface area contributed by atoms with E-state index < -0.39 is 0 Å². The van der Waals surface area contributed by atoms with E-state index in [4.69, 9.17) is 4.74 Å². The molecule has 1 aromatic heterocycles. The highest BCUT2D eigenvalue weighted by Crippen LogP contribution is 2.26. The molecule has 3 rings (SSSR count). The lowest BCUT2D eigenvalue weighted by molar-refractivity contribution is -0.719. The predicted molar refractivity (Wildman–Crippen MR) is 130 cm³/mol. The molecule has 33 heavy (non-hydrogen) atoms. The number of nitrogens with one attached hydrogen (secondary N) is 2. The molecule has 8 nitrogen and oxygen atoms in total. The van der Waals surface area contributed by atoms with Crippen molar-refractivity contribution in [2.75, 3.05) is 12.9 Å². The third kappa shape index (κ3) is 6.13. The number of hydrogen-bond acceptors (Lipinski definition) is 6. The summed E-state index contributed by atoms with van der Waals surface area (Å²) in [5, 5.41) is 21.8. The minimum atomic E-state index is -0.247. The first kappa shape index (κ1) is 24.3. The molecule has 1 heterocycles. The standard InChI is InChI=1S/C24H29N5O3S/c1-6-29-22(17-8-10-18(11-9-17)24(2,3)4)27-28-23(29)33-15-21(31)26-25-14-16-7-12-19(30)20(13-16)32-5/h7-14H,6,15H2,1-5H3,(H2,25,26,30,31)/p+1. The summed E-state index contributed by atoms with van der Waals surface area (Å²) in [6.45, 7) is 9.34. The van der Waals surface area contributed by atoms with Crippen molar-refractivity contribution in [3.8, 4) is 22.9 Å². The fourth-order valence-corrected chi connectivity index (χ4v) is 4.00. The number of carbonyl (C=O) groups is 1. The molecule has 0 saturated carbocycles. The van der Waals surface area contributed by atoms with Gasteiger partial charge in [-0.05, 0) is 65.6 Å². The molecule has 174 valence electrons. The van der Waals surface area contributed by atoms with E-state index in [1.165, 1.54) is 36.7 Å². The van der Waals surface area contributed by atoms with Crippen molar-refractivity contribution < 1.29 is 19.2 Å². The van der Waals surface area contributed by atoms with Gasteiger partial charge in [0.15, 0.2) is 11.5 Å². The molecule has 0 fully saturated rings. The van der Waals surface area contributed by atoms with Crippen molar-refractivity contribution in [1.29, 1.82) is 0 Å². The lowest BCUT2D eigenvalue weighted by atomic mass is 9.87. The average molecular weight is 469 g/mol. The second kappa shape index (κ2) is 10.5. The van der Waals surface area contributed by atoms with E-state index in [2.05, 4.69) is 70.3 Å². The Kier molecular flexibility index (Phi) is 7.75. The Bertz CT molecular complexity index is 1130. The van der Waals surface area contributed by atoms with E-state index in [-0.39, 0.29) is 22.8 Å². The number of nitrogens with zero attached hydrogens (tertiary/aromatic N) is 3. The number of carbonyl (C=O) groups excluding carboxylic acids is 1. The molecule has 3 N–H and O–H groups in total. The van der Waals surface area contributed by atoms with Gasteiger partial charge < -0.3 is 9.84 Å². The summed E-state index contributed by atoms with van der Waals surface area (Å²) in [5.74, 6) is 1.21. The fourth-order valence-electron chi connectivity index (χ4n) is 3.18. The minimum Gasteiger partial charge on any atom is -0.504 e. The number of H-pyrrole nitrogens is 1. The maximum absolute atomic E-state index is 12.2. The van der Waals surface area contributed by atoms with Gasteiger partial charge in [0.05, 0.1) is 36.3 Å². The van der Waals surface area contributed by atoms with Crippen molar-refractivity contribution in [3.63, 3.8) is 0 Å². The van der Waals surface area contributed by atoms with E-state index in [9.17, 15) is 9.90 Å². The second-order valence-electron chi connectivity index (χ2n) is 8.44. The molecule has 0 bridgehead atoms. The number of amides is 1. The summed E-state index contributed by atoms with van der Waals surface area (Å²) in [4.78, 5) is 12.2. The quantitative estimate of drug-likeness (QED) is 0.203. The van der Waals surface area contributed by atoms with Crippen molar-refractivity contribution >= 4 is 23.9 Å². The molecule has 3 aromatic rings. The number of aromatic hydroxyl groups is 1. The molecule has 0 aliphatic carbocycles. The lowest BCUT2D eigenvalue weighted by Crippen LogP contribution is -2.36. The molecule has 0 atom stereocenters. The first-order valence-corrected chi connectivity index (χ1v) is 11.6. The number of phenolic OH excluding ortho intramolecular Hbond substituents is 1. The first-order valence-electron chi connectivity index (χ1n) is 10.6. The van der Waals surface area contributed by atoms with Crippen LogP contribution in [0, 0.1) is 0 Å². The zero-order valence-corrected chi connectivity index (χ0v) is 20.4.